The van der Waals surface area contributed by atoms with E-state index in [2.05, 4.69) is 54.8 Å². The molecule has 0 amide bonds. The summed E-state index contributed by atoms with van der Waals surface area (Å²) in [5, 5.41) is 18.6. The van der Waals surface area contributed by atoms with Crippen molar-refractivity contribution in [1.29, 1.82) is 0 Å². The molecule has 0 saturated heterocycles. The second-order valence-corrected chi connectivity index (χ2v) is 37.7. The Morgan fingerprint density at radius 2 is 0.818 bits per heavy atom. The van der Waals surface area contributed by atoms with E-state index in [1.807, 2.05) is 145 Å². The predicted octanol–water partition coefficient (Wildman–Crippen LogP) is 20.1. The Hall–Kier alpha value is -8.95. The maximum atomic E-state index is 12.8. The van der Waals surface area contributed by atoms with E-state index in [9.17, 15) is 31.2 Å². The number of nitrogens with two attached hydrogens (primary N) is 4. The molecule has 0 radical (unpaired) electrons. The van der Waals surface area contributed by atoms with Crippen molar-refractivity contribution in [1.82, 2.24) is 39.9 Å². The molecule has 5 unspecified atom stereocenters. The number of hydrogen-bond acceptors (Lipinski definition) is 24. The van der Waals surface area contributed by atoms with Gasteiger partial charge in [-0.3, -0.25) is 31.2 Å². The van der Waals surface area contributed by atoms with Gasteiger partial charge in [0.15, 0.2) is 11.6 Å². The molecule has 572 valence electrons. The van der Waals surface area contributed by atoms with E-state index in [-0.39, 0.29) is 10.7 Å². The van der Waals surface area contributed by atoms with Gasteiger partial charge in [0, 0.05) is 80.9 Å². The monoisotopic (exact) mass is 1660 g/mol. The van der Waals surface area contributed by atoms with Crippen molar-refractivity contribution in [2.75, 3.05) is 51.7 Å². The fourth-order valence-electron chi connectivity index (χ4n) is 10.9. The Morgan fingerprint density at radius 3 is 1.26 bits per heavy atom. The third-order valence-electron chi connectivity index (χ3n) is 16.6. The van der Waals surface area contributed by atoms with Gasteiger partial charge in [-0.05, 0) is 78.9 Å². The highest BCUT2D eigenvalue weighted by molar-refractivity contribution is 7.88. The first-order chi connectivity index (χ1) is 53.5. The van der Waals surface area contributed by atoms with Gasteiger partial charge in [0.05, 0.1) is 109 Å². The number of rotatable bonds is 27. The number of benzene rings is 4. The highest BCUT2D eigenvalue weighted by atomic mass is 32.2. The summed E-state index contributed by atoms with van der Waals surface area (Å²) in [6, 6.07) is 52.3. The lowest BCUT2D eigenvalue weighted by atomic mass is 10.0. The van der Waals surface area contributed by atoms with E-state index in [1.165, 1.54) is 52.3 Å². The van der Waals surface area contributed by atoms with Gasteiger partial charge in [0.1, 0.15) is 42.8 Å². The van der Waals surface area contributed by atoms with Crippen molar-refractivity contribution in [3.05, 3.63) is 203 Å². The van der Waals surface area contributed by atoms with E-state index in [1.54, 1.807) is 47.2 Å². The minimum Gasteiger partial charge on any atom is -0.396 e. The van der Waals surface area contributed by atoms with Gasteiger partial charge in [0.2, 0.25) is 5.03 Å². The van der Waals surface area contributed by atoms with Crippen LogP contribution >= 0.6 is 56.7 Å². The molecule has 8 N–H and O–H groups in total. The van der Waals surface area contributed by atoms with Crippen LogP contribution in [0, 0.1) is 10.1 Å². The maximum Gasteiger partial charge on any atom is 0.303 e. The van der Waals surface area contributed by atoms with Gasteiger partial charge in [-0.15, -0.1) is 56.7 Å². The summed E-state index contributed by atoms with van der Waals surface area (Å²) in [7, 11) is -5.72. The molecule has 20 nitrogen and oxygen atoms in total. The summed E-state index contributed by atoms with van der Waals surface area (Å²) in [6.45, 7) is 10.3. The molecule has 30 heteroatoms. The average molecular weight is 1660 g/mol. The molecule has 0 aliphatic carbocycles. The minimum absolute atomic E-state index is 0.0796. The summed E-state index contributed by atoms with van der Waals surface area (Å²) in [6.07, 6.45) is 14.3. The number of fused-ring (bicyclic) bond motifs is 3. The molecule has 14 rings (SSSR count). The summed E-state index contributed by atoms with van der Waals surface area (Å²) >= 11 is 7.46. The topological polar surface area (TPSA) is 336 Å². The number of thiophene rings is 4. The van der Waals surface area contributed by atoms with Crippen molar-refractivity contribution >= 4 is 170 Å². The van der Waals surface area contributed by atoms with Gasteiger partial charge in [-0.2, -0.15) is 0 Å². The molecule has 0 fully saturated rings. The van der Waals surface area contributed by atoms with E-state index in [0.717, 1.165) is 154 Å². The summed E-state index contributed by atoms with van der Waals surface area (Å²) in [4.78, 5) is 49.7. The first kappa shape index (κ1) is 83.5. The highest BCUT2D eigenvalue weighted by Gasteiger charge is 2.26. The van der Waals surface area contributed by atoms with Crippen LogP contribution in [0.2, 0.25) is 0 Å². The van der Waals surface area contributed by atoms with Gasteiger partial charge in [0.25, 0.3) is 0 Å². The number of nitrogens with zero attached hydrogens (tertiary/aromatic N) is 9. The fraction of sp³-hybridized carbons (Fsp3) is 0.250. The van der Waals surface area contributed by atoms with Crippen LogP contribution in [0.4, 0.5) is 28.4 Å². The molecule has 0 aliphatic rings. The molecule has 5 atom stereocenters. The van der Waals surface area contributed by atoms with Gasteiger partial charge >= 0.3 is 5.69 Å². The van der Waals surface area contributed by atoms with Crippen LogP contribution < -0.4 is 22.9 Å². The zero-order valence-corrected chi connectivity index (χ0v) is 69.5. The van der Waals surface area contributed by atoms with Gasteiger partial charge in [-0.25, -0.2) is 39.9 Å². The number of aromatic nitrogens is 8. The number of pyridine rings is 3. The van der Waals surface area contributed by atoms with E-state index < -0.39 is 58.9 Å². The van der Waals surface area contributed by atoms with Gasteiger partial charge < -0.3 is 22.9 Å². The first-order valence-electron chi connectivity index (χ1n) is 35.8. The van der Waals surface area contributed by atoms with Crippen molar-refractivity contribution in [2.24, 2.45) is 0 Å². The largest absolute Gasteiger partial charge is 0.396 e. The fourth-order valence-corrected chi connectivity index (χ4v) is 23.0. The van der Waals surface area contributed by atoms with E-state index >= 15 is 0 Å². The summed E-state index contributed by atoms with van der Waals surface area (Å²) < 4.78 is 63.7. The zero-order chi connectivity index (χ0) is 78.1. The second kappa shape index (κ2) is 41.9. The summed E-state index contributed by atoms with van der Waals surface area (Å²) in [5.74, 6) is 4.29. The SMILES string of the molecule is CCCCS(=O)c1ncccc1N.CCCCS(=O)c1ncccc1[N+](=O)[O-].CCCCS(=O)c1sc2nc(-c3ccccc3)nc(-c3ccccc3)c2c1N.CCCCS(=O)c1sc2nc(-c3cccs3)nc(-c3ccccc3)c2c1N.CCCCS(=O)c1sc2nc(-c3nccs3)cc(-c3ccccc3)c2c1N. The number of nitrogen functional groups attached to an aromatic ring is 4. The smallest absolute Gasteiger partial charge is 0.303 e. The van der Waals surface area contributed by atoms with Crippen LogP contribution in [0.3, 0.4) is 0 Å². The van der Waals surface area contributed by atoms with Crippen molar-refractivity contribution in [3.8, 4) is 66.4 Å². The number of unbranched alkanes of at least 4 members (excludes halogenated alkanes) is 5. The molecule has 0 aliphatic heterocycles. The summed E-state index contributed by atoms with van der Waals surface area (Å²) in [5.41, 5.74) is 34.5. The molecular weight excluding hydrogens is 1580 g/mol. The Bertz CT molecular complexity index is 5290. The normalized spacial score (nSPS) is 12.4. The van der Waals surface area contributed by atoms with Crippen molar-refractivity contribution < 1.29 is 26.0 Å². The average Bonchev–Trinajstić information content (AvgIpc) is 1.61. The number of anilines is 4. The Morgan fingerprint density at radius 1 is 0.400 bits per heavy atom. The number of hydrogen-bond donors (Lipinski definition) is 4. The zero-order valence-electron chi connectivity index (χ0n) is 61.4. The Balaban J connectivity index is 0.000000151. The predicted molar refractivity (Wildman–Crippen MR) is 464 cm³/mol. The van der Waals surface area contributed by atoms with Crippen LogP contribution in [-0.4, -0.2) is 94.6 Å². The lowest BCUT2D eigenvalue weighted by Gasteiger charge is -2.07. The van der Waals surface area contributed by atoms with Crippen LogP contribution in [0.1, 0.15) is 98.8 Å². The van der Waals surface area contributed by atoms with Crippen LogP contribution in [0.25, 0.3) is 97.1 Å². The van der Waals surface area contributed by atoms with Gasteiger partial charge in [-0.1, -0.05) is 194 Å². The van der Waals surface area contributed by atoms with Crippen LogP contribution in [0.5, 0.6) is 0 Å². The molecule has 0 saturated carbocycles. The molecule has 4 aromatic carbocycles. The lowest BCUT2D eigenvalue weighted by Crippen LogP contribution is -2.04. The van der Waals surface area contributed by atoms with E-state index in [0.29, 0.717) is 76.6 Å². The number of thiazole rings is 1. The molecule has 110 heavy (non-hydrogen) atoms. The molecule has 10 heterocycles. The standard InChI is InChI=1S/C22H21N3OS2.2C20H19N3OS3.C9H12N2O3S.C9H14N2OS/c1-2-3-14-28(26)22-18(23)17-19(15-10-6-4-7-11-15)24-20(25-21(17)27-22)16-12-8-5-9-13-16;1-2-3-12-27(24)20-16(21)15-17(13-8-5-4-6-9-13)22-18(23-19(15)26-20)14-10-7-11-25-14;1-2-3-11-27(24)20-17(21)16-14(13-7-5-4-6-8-13)12-15(23-19(16)26-20)18-22-9-10-25-18;1-2-3-7-15(14)9-8(11(12)13)5-4-6-10-9;1-2-3-7-13(12)9-8(10)5-4-6-11-9/h4-13H,2-3,14,23H2,1H3;4-11H,2-3,12,21H2,1H3;4-10,12H,2-3,11,21H2,1H3;4-6H,2-3,7H2,1H3;4-6H,2-3,7,10H2,1H3. The third-order valence-corrected chi connectivity index (χ3v) is 30.1. The van der Waals surface area contributed by atoms with Crippen LogP contribution in [0.15, 0.2) is 216 Å². The Kier molecular flexibility index (Phi) is 31.8. The highest BCUT2D eigenvalue weighted by Crippen LogP contribution is 2.46. The quantitative estimate of drug-likeness (QED) is 0.0274. The Labute approximate surface area is 672 Å². The van der Waals surface area contributed by atoms with E-state index in [4.69, 9.17) is 47.9 Å². The molecule has 14 aromatic rings. The molecule has 0 bridgehead atoms. The van der Waals surface area contributed by atoms with Crippen molar-refractivity contribution in [2.45, 2.75) is 122 Å². The minimum atomic E-state index is -1.37. The molecular formula is C80H85N13O7S10. The second-order valence-electron chi connectivity index (χ2n) is 24.6. The maximum absolute atomic E-state index is 12.8. The third kappa shape index (κ3) is 21.4. The lowest BCUT2D eigenvalue weighted by molar-refractivity contribution is -0.388. The first-order valence-corrected chi connectivity index (χ1v) is 46.6. The number of nitro groups is 1. The molecule has 0 spiro atoms. The molecule has 10 aromatic heterocycles. The van der Waals surface area contributed by atoms with Crippen molar-refractivity contribution in [3.63, 3.8) is 0 Å². The van der Waals surface area contributed by atoms with Crippen LogP contribution in [-0.2, 0) is 54.0 Å².